The van der Waals surface area contributed by atoms with Gasteiger partial charge in [0.2, 0.25) is 0 Å². The van der Waals surface area contributed by atoms with Crippen molar-refractivity contribution in [1.29, 1.82) is 0 Å². The highest BCUT2D eigenvalue weighted by Gasteiger charge is 2.03. The Morgan fingerprint density at radius 3 is 2.68 bits per heavy atom. The van der Waals surface area contributed by atoms with Crippen LogP contribution >= 0.6 is 0 Å². The van der Waals surface area contributed by atoms with Gasteiger partial charge in [-0.05, 0) is 45.9 Å². The lowest BCUT2D eigenvalue weighted by atomic mass is 10.2. The minimum Gasteiger partial charge on any atom is -0.337 e. The molecule has 0 spiro atoms. The number of hydrogen-bond acceptors (Lipinski definition) is 3. The van der Waals surface area contributed by atoms with Gasteiger partial charge in [0.25, 0.3) is 0 Å². The maximum atomic E-state index is 4.35. The van der Waals surface area contributed by atoms with Crippen molar-refractivity contribution in [3.63, 3.8) is 0 Å². The monoisotopic (exact) mass is 266 g/mol. The summed E-state index contributed by atoms with van der Waals surface area (Å²) in [7, 11) is 4.23. The zero-order valence-electron chi connectivity index (χ0n) is 12.9. The number of imidazole rings is 1. The summed E-state index contributed by atoms with van der Waals surface area (Å²) in [5.41, 5.74) is 0. The molecule has 0 fully saturated rings. The van der Waals surface area contributed by atoms with Gasteiger partial charge in [-0.3, -0.25) is 4.90 Å². The second-order valence-electron chi connectivity index (χ2n) is 5.36. The third-order valence-electron chi connectivity index (χ3n) is 3.40. The van der Waals surface area contributed by atoms with Crippen LogP contribution < -0.4 is 5.32 Å². The number of nitrogens with zero attached hydrogens (tertiary/aromatic N) is 3. The minimum absolute atomic E-state index is 0.946. The van der Waals surface area contributed by atoms with Crippen molar-refractivity contribution in [1.82, 2.24) is 19.8 Å². The maximum Gasteiger partial charge on any atom is 0.122 e. The van der Waals surface area contributed by atoms with Crippen molar-refractivity contribution in [2.24, 2.45) is 7.05 Å². The van der Waals surface area contributed by atoms with Gasteiger partial charge in [-0.25, -0.2) is 4.98 Å². The minimum atomic E-state index is 0.946. The van der Waals surface area contributed by atoms with Gasteiger partial charge in [-0.2, -0.15) is 0 Å². The lowest BCUT2D eigenvalue weighted by Crippen LogP contribution is -2.21. The van der Waals surface area contributed by atoms with Crippen LogP contribution in [0.15, 0.2) is 12.4 Å². The summed E-state index contributed by atoms with van der Waals surface area (Å²) in [4.78, 5) is 6.71. The number of rotatable bonds is 11. The molecule has 0 aliphatic carbocycles. The van der Waals surface area contributed by atoms with Crippen LogP contribution in [0.25, 0.3) is 0 Å². The van der Waals surface area contributed by atoms with E-state index in [9.17, 15) is 0 Å². The highest BCUT2D eigenvalue weighted by atomic mass is 15.1. The number of nitrogens with one attached hydrogen (secondary N) is 1. The first-order valence-corrected chi connectivity index (χ1v) is 7.59. The molecule has 0 aliphatic rings. The Hall–Kier alpha value is -0.870. The molecule has 1 aromatic heterocycles. The summed E-state index contributed by atoms with van der Waals surface area (Å²) in [6.45, 7) is 6.66. The molecule has 0 atom stereocenters. The van der Waals surface area contributed by atoms with Crippen LogP contribution in [0.2, 0.25) is 0 Å². The van der Waals surface area contributed by atoms with Crippen LogP contribution in [0.1, 0.15) is 44.9 Å². The van der Waals surface area contributed by atoms with Crippen LogP contribution in [-0.4, -0.2) is 41.1 Å². The fourth-order valence-corrected chi connectivity index (χ4v) is 2.16. The van der Waals surface area contributed by atoms with Crippen LogP contribution in [0.4, 0.5) is 0 Å². The summed E-state index contributed by atoms with van der Waals surface area (Å²) >= 11 is 0. The molecule has 1 rings (SSSR count). The van der Waals surface area contributed by atoms with Crippen molar-refractivity contribution in [2.45, 2.75) is 45.6 Å². The molecular formula is C15H30N4. The predicted molar refractivity (Wildman–Crippen MR) is 81.2 cm³/mol. The molecule has 1 N–H and O–H groups in total. The van der Waals surface area contributed by atoms with E-state index in [0.29, 0.717) is 0 Å². The molecule has 19 heavy (non-hydrogen) atoms. The first-order chi connectivity index (χ1) is 9.24. The second-order valence-corrected chi connectivity index (χ2v) is 5.36. The van der Waals surface area contributed by atoms with Gasteiger partial charge >= 0.3 is 0 Å². The number of aromatic nitrogens is 2. The smallest absolute Gasteiger partial charge is 0.122 e. The fraction of sp³-hybridized carbons (Fsp3) is 0.800. The van der Waals surface area contributed by atoms with Gasteiger partial charge in [-0.1, -0.05) is 19.8 Å². The van der Waals surface area contributed by atoms with Gasteiger partial charge in [-0.15, -0.1) is 0 Å². The molecule has 0 aromatic carbocycles. The highest BCUT2D eigenvalue weighted by molar-refractivity contribution is 4.90. The van der Waals surface area contributed by atoms with E-state index in [2.05, 4.69) is 40.8 Å². The normalized spacial score (nSPS) is 11.4. The molecule has 110 valence electrons. The summed E-state index contributed by atoms with van der Waals surface area (Å²) in [6, 6.07) is 0. The Balaban J connectivity index is 1.96. The molecule has 1 aromatic rings. The lowest BCUT2D eigenvalue weighted by molar-refractivity contribution is 0.305. The van der Waals surface area contributed by atoms with Crippen molar-refractivity contribution in [3.05, 3.63) is 18.2 Å². The van der Waals surface area contributed by atoms with E-state index in [1.54, 1.807) is 0 Å². The van der Waals surface area contributed by atoms with Crippen molar-refractivity contribution in [3.8, 4) is 0 Å². The van der Waals surface area contributed by atoms with Crippen LogP contribution in [0.3, 0.4) is 0 Å². The fourth-order valence-electron chi connectivity index (χ4n) is 2.16. The first kappa shape index (κ1) is 16.2. The van der Waals surface area contributed by atoms with Crippen LogP contribution in [0, 0.1) is 0 Å². The molecule has 0 radical (unpaired) electrons. The van der Waals surface area contributed by atoms with E-state index in [-0.39, 0.29) is 0 Å². The molecule has 0 saturated heterocycles. The highest BCUT2D eigenvalue weighted by Crippen LogP contribution is 2.04. The number of hydrogen-bond donors (Lipinski definition) is 1. The van der Waals surface area contributed by atoms with E-state index in [4.69, 9.17) is 0 Å². The van der Waals surface area contributed by atoms with Crippen molar-refractivity contribution < 1.29 is 0 Å². The molecular weight excluding hydrogens is 236 g/mol. The van der Waals surface area contributed by atoms with Gasteiger partial charge in [0.05, 0.1) is 6.54 Å². The summed E-state index contributed by atoms with van der Waals surface area (Å²) < 4.78 is 2.09. The van der Waals surface area contributed by atoms with E-state index in [1.165, 1.54) is 38.6 Å². The molecule has 0 bridgehead atoms. The van der Waals surface area contributed by atoms with Gasteiger partial charge in [0.1, 0.15) is 5.82 Å². The zero-order chi connectivity index (χ0) is 13.9. The Bertz CT molecular complexity index is 322. The average molecular weight is 266 g/mol. The van der Waals surface area contributed by atoms with E-state index in [0.717, 1.165) is 25.5 Å². The second kappa shape index (κ2) is 9.98. The predicted octanol–water partition coefficient (Wildman–Crippen LogP) is 2.41. The van der Waals surface area contributed by atoms with Gasteiger partial charge in [0, 0.05) is 19.4 Å². The topological polar surface area (TPSA) is 33.1 Å². The molecule has 0 aliphatic heterocycles. The lowest BCUT2D eigenvalue weighted by Gasteiger charge is -2.16. The number of aryl methyl sites for hydroxylation is 1. The van der Waals surface area contributed by atoms with Gasteiger partial charge < -0.3 is 9.88 Å². The Morgan fingerprint density at radius 1 is 1.21 bits per heavy atom. The summed E-state index contributed by atoms with van der Waals surface area (Å²) in [5, 5.41) is 3.45. The first-order valence-electron chi connectivity index (χ1n) is 7.59. The molecule has 4 nitrogen and oxygen atoms in total. The molecule has 0 saturated carbocycles. The standard InChI is InChI=1S/C15H30N4/c1-4-9-16-10-7-5-6-8-12-18(2)14-15-17-11-13-19(15)3/h11,13,16H,4-10,12,14H2,1-3H3. The average Bonchev–Trinajstić information content (AvgIpc) is 2.78. The molecule has 1 heterocycles. The van der Waals surface area contributed by atoms with Crippen LogP contribution in [0.5, 0.6) is 0 Å². The van der Waals surface area contributed by atoms with Gasteiger partial charge in [0.15, 0.2) is 0 Å². The summed E-state index contributed by atoms with van der Waals surface area (Å²) in [5.74, 6) is 1.14. The Labute approximate surface area is 118 Å². The van der Waals surface area contributed by atoms with E-state index in [1.807, 2.05) is 12.4 Å². The maximum absolute atomic E-state index is 4.35. The van der Waals surface area contributed by atoms with Crippen LogP contribution in [-0.2, 0) is 13.6 Å². The quantitative estimate of drug-likeness (QED) is 0.624. The van der Waals surface area contributed by atoms with E-state index >= 15 is 0 Å². The molecule has 4 heteroatoms. The summed E-state index contributed by atoms with van der Waals surface area (Å²) in [6.07, 6.45) is 10.4. The largest absolute Gasteiger partial charge is 0.337 e. The molecule has 0 amide bonds. The molecule has 0 unspecified atom stereocenters. The SMILES string of the molecule is CCCNCCCCCCN(C)Cc1nccn1C. The Kier molecular flexibility index (Phi) is 8.50. The zero-order valence-corrected chi connectivity index (χ0v) is 12.9. The van der Waals surface area contributed by atoms with Crippen molar-refractivity contribution >= 4 is 0 Å². The third kappa shape index (κ3) is 7.33. The Morgan fingerprint density at radius 2 is 2.00 bits per heavy atom. The van der Waals surface area contributed by atoms with Crippen molar-refractivity contribution in [2.75, 3.05) is 26.7 Å². The third-order valence-corrected chi connectivity index (χ3v) is 3.40. The van der Waals surface area contributed by atoms with E-state index < -0.39 is 0 Å². The number of unbranched alkanes of at least 4 members (excludes halogenated alkanes) is 3.